The molecule has 0 aromatic heterocycles. The van der Waals surface area contributed by atoms with Gasteiger partial charge in [0.15, 0.2) is 5.57 Å². The van der Waals surface area contributed by atoms with Gasteiger partial charge in [0, 0.05) is 17.8 Å². The molecule has 37 heavy (non-hydrogen) atoms. The van der Waals surface area contributed by atoms with Gasteiger partial charge in [-0.1, -0.05) is 49.0 Å². The second-order valence-corrected chi connectivity index (χ2v) is 8.23. The molecule has 184 valence electrons. The Morgan fingerprint density at radius 2 is 1.70 bits per heavy atom. The molecule has 0 fully saturated rings. The van der Waals surface area contributed by atoms with E-state index in [1.807, 2.05) is 72.5 Å². The summed E-state index contributed by atoms with van der Waals surface area (Å²) in [5, 5.41) is 29.1. The van der Waals surface area contributed by atoms with Crippen LogP contribution in [-0.2, 0) is 20.9 Å². The average Bonchev–Trinajstić information content (AvgIpc) is 3.19. The number of amides is 1. The van der Waals surface area contributed by atoms with E-state index < -0.39 is 11.9 Å². The number of nitrogens with zero attached hydrogens (tertiary/aromatic N) is 5. The van der Waals surface area contributed by atoms with Gasteiger partial charge >= 0.3 is 5.97 Å². The molecule has 3 rings (SSSR count). The van der Waals surface area contributed by atoms with Gasteiger partial charge in [-0.3, -0.25) is 4.79 Å². The summed E-state index contributed by atoms with van der Waals surface area (Å²) < 4.78 is 5.19. The number of hydrogen-bond acceptors (Lipinski definition) is 7. The van der Waals surface area contributed by atoms with Crippen molar-refractivity contribution in [1.29, 1.82) is 15.8 Å². The first-order valence-electron chi connectivity index (χ1n) is 11.6. The number of carbonyl (C=O) groups excluding carboxylic acids is 2. The third-order valence-corrected chi connectivity index (χ3v) is 5.82. The van der Waals surface area contributed by atoms with Gasteiger partial charge in [-0.05, 0) is 37.1 Å². The SMILES string of the molecule is C=C(C)C(=O)OCCN(CC)c1ccc(C2=C(C#N)C(=C(C#N)C#N)N(Cc3ccccc3)C2=O)cc1. The first kappa shape index (κ1) is 26.5. The zero-order valence-corrected chi connectivity index (χ0v) is 20.7. The number of allylic oxidation sites excluding steroid dienone is 2. The summed E-state index contributed by atoms with van der Waals surface area (Å²) in [7, 11) is 0. The second-order valence-electron chi connectivity index (χ2n) is 8.23. The van der Waals surface area contributed by atoms with Gasteiger partial charge in [0.2, 0.25) is 0 Å². The Labute approximate surface area is 216 Å². The van der Waals surface area contributed by atoms with Crippen LogP contribution in [-0.4, -0.2) is 36.5 Å². The van der Waals surface area contributed by atoms with Gasteiger partial charge in [-0.2, -0.15) is 15.8 Å². The minimum Gasteiger partial charge on any atom is -0.460 e. The summed E-state index contributed by atoms with van der Waals surface area (Å²) in [5.74, 6) is -0.898. The molecule has 0 saturated carbocycles. The number of esters is 1. The van der Waals surface area contributed by atoms with Gasteiger partial charge in [0.25, 0.3) is 5.91 Å². The summed E-state index contributed by atoms with van der Waals surface area (Å²) in [6.45, 7) is 8.54. The van der Waals surface area contributed by atoms with E-state index in [2.05, 4.69) is 6.58 Å². The quantitative estimate of drug-likeness (QED) is 0.292. The van der Waals surface area contributed by atoms with E-state index >= 15 is 0 Å². The van der Waals surface area contributed by atoms with Crippen LogP contribution in [0, 0.1) is 34.0 Å². The van der Waals surface area contributed by atoms with Crippen molar-refractivity contribution in [3.05, 3.63) is 94.7 Å². The Morgan fingerprint density at radius 3 is 2.24 bits per heavy atom. The Kier molecular flexibility index (Phi) is 8.60. The van der Waals surface area contributed by atoms with E-state index in [-0.39, 0.29) is 35.6 Å². The van der Waals surface area contributed by atoms with Gasteiger partial charge in [-0.15, -0.1) is 0 Å². The van der Waals surface area contributed by atoms with E-state index in [1.54, 1.807) is 19.1 Å². The molecule has 1 aliphatic rings. The first-order valence-corrected chi connectivity index (χ1v) is 11.6. The number of rotatable bonds is 9. The Balaban J connectivity index is 1.94. The Bertz CT molecular complexity index is 1380. The highest BCUT2D eigenvalue weighted by molar-refractivity contribution is 6.25. The molecule has 0 aliphatic carbocycles. The van der Waals surface area contributed by atoms with Crippen molar-refractivity contribution in [2.45, 2.75) is 20.4 Å². The molecule has 1 amide bonds. The van der Waals surface area contributed by atoms with Crippen LogP contribution in [0.4, 0.5) is 5.69 Å². The molecule has 0 saturated heterocycles. The normalized spacial score (nSPS) is 12.5. The van der Waals surface area contributed by atoms with Crippen LogP contribution in [0.25, 0.3) is 5.57 Å². The fourth-order valence-corrected chi connectivity index (χ4v) is 3.96. The lowest BCUT2D eigenvalue weighted by atomic mass is 9.99. The predicted molar refractivity (Wildman–Crippen MR) is 138 cm³/mol. The van der Waals surface area contributed by atoms with Crippen molar-refractivity contribution < 1.29 is 14.3 Å². The minimum absolute atomic E-state index is 0.00849. The molecule has 8 nitrogen and oxygen atoms in total. The third kappa shape index (κ3) is 5.75. The smallest absolute Gasteiger partial charge is 0.333 e. The topological polar surface area (TPSA) is 121 Å². The van der Waals surface area contributed by atoms with Crippen LogP contribution in [0.1, 0.15) is 25.0 Å². The van der Waals surface area contributed by atoms with E-state index in [0.29, 0.717) is 24.2 Å². The first-order chi connectivity index (χ1) is 17.9. The van der Waals surface area contributed by atoms with Gasteiger partial charge < -0.3 is 14.5 Å². The number of ether oxygens (including phenoxy) is 1. The summed E-state index contributed by atoms with van der Waals surface area (Å²) in [6, 6.07) is 21.9. The molecule has 2 aromatic carbocycles. The number of likely N-dealkylation sites (N-methyl/N-ethyl adjacent to an activating group) is 1. The zero-order valence-electron chi connectivity index (χ0n) is 20.7. The van der Waals surface area contributed by atoms with Crippen molar-refractivity contribution in [3.63, 3.8) is 0 Å². The van der Waals surface area contributed by atoms with Crippen LogP contribution >= 0.6 is 0 Å². The fourth-order valence-electron chi connectivity index (χ4n) is 3.96. The number of benzene rings is 2. The van der Waals surface area contributed by atoms with Crippen LogP contribution < -0.4 is 4.90 Å². The van der Waals surface area contributed by atoms with Gasteiger partial charge in [-0.25, -0.2) is 4.79 Å². The lowest BCUT2D eigenvalue weighted by Crippen LogP contribution is -2.28. The zero-order chi connectivity index (χ0) is 26.9. The van der Waals surface area contributed by atoms with Crippen molar-refractivity contribution in [2.24, 2.45) is 0 Å². The monoisotopic (exact) mass is 491 g/mol. The van der Waals surface area contributed by atoms with Crippen LogP contribution in [0.2, 0.25) is 0 Å². The molecule has 1 aliphatic heterocycles. The number of hydrogen-bond donors (Lipinski definition) is 0. The van der Waals surface area contributed by atoms with Crippen molar-refractivity contribution >= 4 is 23.1 Å². The molecule has 0 bridgehead atoms. The van der Waals surface area contributed by atoms with E-state index in [9.17, 15) is 25.4 Å². The molecule has 0 atom stereocenters. The predicted octanol–water partition coefficient (Wildman–Crippen LogP) is 4.25. The van der Waals surface area contributed by atoms with Gasteiger partial charge in [0.05, 0.1) is 29.9 Å². The lowest BCUT2D eigenvalue weighted by molar-refractivity contribution is -0.138. The number of anilines is 1. The van der Waals surface area contributed by atoms with Crippen molar-refractivity contribution in [2.75, 3.05) is 24.6 Å². The summed E-state index contributed by atoms with van der Waals surface area (Å²) in [4.78, 5) is 28.5. The minimum atomic E-state index is -0.454. The Hall–Kier alpha value is -5.13. The summed E-state index contributed by atoms with van der Waals surface area (Å²) in [6.07, 6.45) is 0. The molecule has 0 unspecified atom stereocenters. The maximum Gasteiger partial charge on any atom is 0.333 e. The molecular formula is C29H25N5O3. The van der Waals surface area contributed by atoms with E-state index in [1.165, 1.54) is 4.90 Å². The highest BCUT2D eigenvalue weighted by atomic mass is 16.5. The van der Waals surface area contributed by atoms with E-state index in [0.717, 1.165) is 11.3 Å². The third-order valence-electron chi connectivity index (χ3n) is 5.82. The fraction of sp³-hybridized carbons (Fsp3) is 0.207. The van der Waals surface area contributed by atoms with Crippen LogP contribution in [0.3, 0.4) is 0 Å². The molecule has 0 spiro atoms. The number of nitriles is 3. The van der Waals surface area contributed by atoms with Gasteiger partial charge in [0.1, 0.15) is 24.8 Å². The van der Waals surface area contributed by atoms with Crippen molar-refractivity contribution in [1.82, 2.24) is 4.90 Å². The summed E-state index contributed by atoms with van der Waals surface area (Å²) in [5.41, 5.74) is 2.33. The molecule has 2 aromatic rings. The average molecular weight is 492 g/mol. The van der Waals surface area contributed by atoms with Crippen LogP contribution in [0.15, 0.2) is 83.6 Å². The van der Waals surface area contributed by atoms with Crippen LogP contribution in [0.5, 0.6) is 0 Å². The lowest BCUT2D eigenvalue weighted by Gasteiger charge is -2.23. The standard InChI is InChI=1S/C29H25N5O3/c1-4-33(14-15-37-29(36)20(2)3)24-12-10-22(11-13-24)26-25(18-32)27(23(16-30)17-31)34(28(26)35)19-21-8-6-5-7-9-21/h5-13H,2,4,14-15,19H2,1,3H3. The van der Waals surface area contributed by atoms with E-state index in [4.69, 9.17) is 4.74 Å². The molecule has 0 N–H and O–H groups in total. The molecule has 1 heterocycles. The molecule has 8 heteroatoms. The van der Waals surface area contributed by atoms with Crippen molar-refractivity contribution in [3.8, 4) is 18.2 Å². The highest BCUT2D eigenvalue weighted by Crippen LogP contribution is 2.38. The molecule has 0 radical (unpaired) electrons. The largest absolute Gasteiger partial charge is 0.460 e. The highest BCUT2D eigenvalue weighted by Gasteiger charge is 2.38. The summed E-state index contributed by atoms with van der Waals surface area (Å²) >= 11 is 0. The maximum atomic E-state index is 13.6. The molecular weight excluding hydrogens is 466 g/mol. The maximum absolute atomic E-state index is 13.6. The number of carbonyl (C=O) groups is 2. The Morgan fingerprint density at radius 1 is 1.05 bits per heavy atom. The second kappa shape index (κ2) is 12.0.